The number of amides is 2. The van der Waals surface area contributed by atoms with Gasteiger partial charge in [0.1, 0.15) is 11.5 Å². The minimum Gasteiger partial charge on any atom is -0.484 e. The molecule has 1 heterocycles. The van der Waals surface area contributed by atoms with E-state index in [2.05, 4.69) is 5.32 Å². The van der Waals surface area contributed by atoms with Crippen LogP contribution in [0, 0.1) is 0 Å². The van der Waals surface area contributed by atoms with E-state index in [0.717, 1.165) is 5.56 Å². The average Bonchev–Trinajstić information content (AvgIpc) is 2.77. The van der Waals surface area contributed by atoms with Crippen LogP contribution in [0.1, 0.15) is 12.5 Å². The Morgan fingerprint density at radius 3 is 2.68 bits per heavy atom. The van der Waals surface area contributed by atoms with Gasteiger partial charge in [0.25, 0.3) is 11.8 Å². The highest BCUT2D eigenvalue weighted by molar-refractivity contribution is 6.30. The van der Waals surface area contributed by atoms with Gasteiger partial charge in [0.15, 0.2) is 12.7 Å². The van der Waals surface area contributed by atoms with E-state index < -0.39 is 6.10 Å². The Hall–Kier alpha value is -3.51. The monoisotopic (exact) mass is 436 g/mol. The van der Waals surface area contributed by atoms with E-state index >= 15 is 0 Å². The van der Waals surface area contributed by atoms with Gasteiger partial charge >= 0.3 is 0 Å². The van der Waals surface area contributed by atoms with Gasteiger partial charge in [-0.2, -0.15) is 0 Å². The summed E-state index contributed by atoms with van der Waals surface area (Å²) in [5, 5.41) is 3.41. The van der Waals surface area contributed by atoms with Crippen LogP contribution in [0.3, 0.4) is 0 Å². The molecule has 0 aliphatic carbocycles. The van der Waals surface area contributed by atoms with E-state index in [-0.39, 0.29) is 18.4 Å². The van der Waals surface area contributed by atoms with Crippen molar-refractivity contribution >= 4 is 34.8 Å². The van der Waals surface area contributed by atoms with Crippen molar-refractivity contribution in [3.05, 3.63) is 83.4 Å². The van der Waals surface area contributed by atoms with Crippen LogP contribution in [0.2, 0.25) is 5.02 Å². The van der Waals surface area contributed by atoms with Gasteiger partial charge in [0.2, 0.25) is 0 Å². The number of hydrogen-bond donors (Lipinski definition) is 1. The number of nitrogens with zero attached hydrogens (tertiary/aromatic N) is 1. The minimum absolute atomic E-state index is 0.125. The van der Waals surface area contributed by atoms with Crippen molar-refractivity contribution in [1.82, 2.24) is 0 Å². The Morgan fingerprint density at radius 1 is 1.10 bits per heavy atom. The quantitative estimate of drug-likeness (QED) is 0.609. The van der Waals surface area contributed by atoms with Gasteiger partial charge < -0.3 is 19.7 Å². The molecule has 6 nitrogen and oxygen atoms in total. The van der Waals surface area contributed by atoms with Crippen molar-refractivity contribution in [1.29, 1.82) is 0 Å². The number of benzene rings is 3. The van der Waals surface area contributed by atoms with Crippen molar-refractivity contribution in [2.45, 2.75) is 19.6 Å². The molecule has 1 unspecified atom stereocenters. The zero-order valence-electron chi connectivity index (χ0n) is 16.9. The lowest BCUT2D eigenvalue weighted by Crippen LogP contribution is -2.44. The predicted molar refractivity (Wildman–Crippen MR) is 120 cm³/mol. The Morgan fingerprint density at radius 2 is 1.90 bits per heavy atom. The molecule has 1 N–H and O–H groups in total. The van der Waals surface area contributed by atoms with Gasteiger partial charge in [-0.25, -0.2) is 0 Å². The molecular weight excluding hydrogens is 416 g/mol. The van der Waals surface area contributed by atoms with Crippen LogP contribution in [-0.4, -0.2) is 24.5 Å². The van der Waals surface area contributed by atoms with Gasteiger partial charge in [-0.1, -0.05) is 41.9 Å². The zero-order chi connectivity index (χ0) is 21.8. The summed E-state index contributed by atoms with van der Waals surface area (Å²) < 4.78 is 11.2. The van der Waals surface area contributed by atoms with Crippen LogP contribution in [-0.2, 0) is 16.1 Å². The summed E-state index contributed by atoms with van der Waals surface area (Å²) in [7, 11) is 0. The first kappa shape index (κ1) is 20.8. The topological polar surface area (TPSA) is 67.9 Å². The van der Waals surface area contributed by atoms with Crippen molar-refractivity contribution in [3.8, 4) is 11.5 Å². The fraction of sp³-hybridized carbons (Fsp3) is 0.167. The predicted octanol–water partition coefficient (Wildman–Crippen LogP) is 4.67. The summed E-state index contributed by atoms with van der Waals surface area (Å²) in [5.41, 5.74) is 2.03. The van der Waals surface area contributed by atoms with E-state index in [1.807, 2.05) is 36.4 Å². The molecule has 7 heteroatoms. The normalized spacial score (nSPS) is 15.1. The lowest BCUT2D eigenvalue weighted by molar-refractivity contribution is -0.125. The summed E-state index contributed by atoms with van der Waals surface area (Å²) >= 11 is 6.10. The maximum absolute atomic E-state index is 12.8. The second-order valence-corrected chi connectivity index (χ2v) is 7.58. The molecule has 0 bridgehead atoms. The molecule has 0 saturated carbocycles. The Labute approximate surface area is 185 Å². The van der Waals surface area contributed by atoms with Gasteiger partial charge in [0, 0.05) is 10.7 Å². The summed E-state index contributed by atoms with van der Waals surface area (Å²) in [5.74, 6) is 0.724. The number of para-hydroxylation sites is 1. The number of fused-ring (bicyclic) bond motifs is 1. The molecule has 0 fully saturated rings. The number of anilines is 2. The van der Waals surface area contributed by atoms with Crippen molar-refractivity contribution in [2.24, 2.45) is 0 Å². The highest BCUT2D eigenvalue weighted by Gasteiger charge is 2.32. The maximum Gasteiger partial charge on any atom is 0.268 e. The minimum atomic E-state index is -0.605. The van der Waals surface area contributed by atoms with E-state index in [1.165, 1.54) is 0 Å². The fourth-order valence-electron chi connectivity index (χ4n) is 3.33. The third-order valence-electron chi connectivity index (χ3n) is 4.79. The summed E-state index contributed by atoms with van der Waals surface area (Å²) in [4.78, 5) is 26.8. The Balaban J connectivity index is 1.51. The Kier molecular flexibility index (Phi) is 6.09. The number of carbonyl (C=O) groups excluding carboxylic acids is 2. The van der Waals surface area contributed by atoms with Gasteiger partial charge in [-0.05, 0) is 55.0 Å². The first-order valence-electron chi connectivity index (χ1n) is 9.84. The molecular formula is C24H21ClN2O4. The lowest BCUT2D eigenvalue weighted by Gasteiger charge is -2.33. The van der Waals surface area contributed by atoms with Crippen LogP contribution < -0.4 is 19.7 Å². The van der Waals surface area contributed by atoms with Gasteiger partial charge in [-0.15, -0.1) is 0 Å². The lowest BCUT2D eigenvalue weighted by atomic mass is 10.1. The SMILES string of the molecule is CC1Oc2ccc(NC(=O)COc3ccccc3)cc2N(Cc2cccc(Cl)c2)C1=O. The number of rotatable bonds is 6. The molecule has 0 radical (unpaired) electrons. The van der Waals surface area contributed by atoms with E-state index in [4.69, 9.17) is 21.1 Å². The first-order valence-corrected chi connectivity index (χ1v) is 10.2. The van der Waals surface area contributed by atoms with Crippen LogP contribution in [0.4, 0.5) is 11.4 Å². The third-order valence-corrected chi connectivity index (χ3v) is 5.03. The second kappa shape index (κ2) is 9.10. The summed E-state index contributed by atoms with van der Waals surface area (Å²) in [6, 6.07) is 21.7. The second-order valence-electron chi connectivity index (χ2n) is 7.15. The number of nitrogens with one attached hydrogen (secondary N) is 1. The number of hydrogen-bond acceptors (Lipinski definition) is 4. The van der Waals surface area contributed by atoms with E-state index in [9.17, 15) is 9.59 Å². The van der Waals surface area contributed by atoms with Crippen LogP contribution >= 0.6 is 11.6 Å². The number of carbonyl (C=O) groups is 2. The van der Waals surface area contributed by atoms with E-state index in [1.54, 1.807) is 48.2 Å². The standard InChI is InChI=1S/C24H21ClN2O4/c1-16-24(29)27(14-17-6-5-7-18(25)12-17)21-13-19(10-11-22(21)31-16)26-23(28)15-30-20-8-3-2-4-9-20/h2-13,16H,14-15H2,1H3,(H,26,28). The highest BCUT2D eigenvalue weighted by Crippen LogP contribution is 2.37. The maximum atomic E-state index is 12.8. The molecule has 2 amide bonds. The smallest absolute Gasteiger partial charge is 0.268 e. The third kappa shape index (κ3) is 4.98. The molecule has 31 heavy (non-hydrogen) atoms. The first-order chi connectivity index (χ1) is 15.0. The molecule has 4 rings (SSSR count). The fourth-order valence-corrected chi connectivity index (χ4v) is 3.54. The van der Waals surface area contributed by atoms with Gasteiger partial charge in [-0.3, -0.25) is 9.59 Å². The number of ether oxygens (including phenoxy) is 2. The van der Waals surface area contributed by atoms with Crippen molar-refractivity contribution in [2.75, 3.05) is 16.8 Å². The van der Waals surface area contributed by atoms with E-state index in [0.29, 0.717) is 34.4 Å². The number of halogens is 1. The van der Waals surface area contributed by atoms with Crippen LogP contribution in [0.5, 0.6) is 11.5 Å². The van der Waals surface area contributed by atoms with Crippen LogP contribution in [0.25, 0.3) is 0 Å². The summed E-state index contributed by atoms with van der Waals surface area (Å²) in [6.07, 6.45) is -0.605. The molecule has 0 spiro atoms. The molecule has 3 aromatic rings. The highest BCUT2D eigenvalue weighted by atomic mass is 35.5. The molecule has 158 valence electrons. The molecule has 1 aliphatic rings. The van der Waals surface area contributed by atoms with Crippen molar-refractivity contribution in [3.63, 3.8) is 0 Å². The largest absolute Gasteiger partial charge is 0.484 e. The van der Waals surface area contributed by atoms with Crippen LogP contribution in [0.15, 0.2) is 72.8 Å². The zero-order valence-corrected chi connectivity index (χ0v) is 17.6. The summed E-state index contributed by atoms with van der Waals surface area (Å²) in [6.45, 7) is 1.93. The Bertz CT molecular complexity index is 1100. The molecule has 1 atom stereocenters. The molecule has 0 saturated heterocycles. The van der Waals surface area contributed by atoms with Gasteiger partial charge in [0.05, 0.1) is 12.2 Å². The average molecular weight is 437 g/mol. The molecule has 0 aromatic heterocycles. The molecule has 3 aromatic carbocycles. The van der Waals surface area contributed by atoms with Crippen molar-refractivity contribution < 1.29 is 19.1 Å². The molecule has 1 aliphatic heterocycles.